The molecule has 102 valence electrons. The summed E-state index contributed by atoms with van der Waals surface area (Å²) in [5.41, 5.74) is 6.04. The Balaban J connectivity index is 0.00000289. The highest BCUT2D eigenvalue weighted by Gasteiger charge is 2.11. The lowest BCUT2D eigenvalue weighted by molar-refractivity contribution is -0.117. The van der Waals surface area contributed by atoms with Crippen molar-refractivity contribution in [1.82, 2.24) is 0 Å². The molecular weight excluding hydrogens is 275 g/mol. The molecule has 0 aliphatic carbocycles. The number of anilines is 1. The molecule has 6 heteroatoms. The van der Waals surface area contributed by atoms with Gasteiger partial charge in [0.2, 0.25) is 5.91 Å². The Morgan fingerprint density at radius 1 is 1.56 bits per heavy atom. The number of nitrogens with one attached hydrogen (secondary N) is 1. The standard InChI is InChI=1S/C12H17ClN2O2.ClH/c1-3-6-17-11-5-4-9(13)7-10(11)15-12(16)8(2)14;/h4-5,7-8H,3,6,14H2,1-2H3,(H,15,16);1H/t8-;/m1./s1. The van der Waals surface area contributed by atoms with Crippen LogP contribution in [0, 0.1) is 0 Å². The van der Waals surface area contributed by atoms with Crippen LogP contribution in [0.15, 0.2) is 18.2 Å². The lowest BCUT2D eigenvalue weighted by Gasteiger charge is -2.13. The molecule has 3 N–H and O–H groups in total. The van der Waals surface area contributed by atoms with Crippen molar-refractivity contribution in [3.63, 3.8) is 0 Å². The average molecular weight is 293 g/mol. The number of carbonyl (C=O) groups excluding carboxylic acids is 1. The Morgan fingerprint density at radius 2 is 2.22 bits per heavy atom. The monoisotopic (exact) mass is 292 g/mol. The van der Waals surface area contributed by atoms with E-state index in [4.69, 9.17) is 22.1 Å². The highest BCUT2D eigenvalue weighted by molar-refractivity contribution is 6.31. The second kappa shape index (κ2) is 8.19. The topological polar surface area (TPSA) is 64.3 Å². The van der Waals surface area contributed by atoms with E-state index in [9.17, 15) is 4.79 Å². The molecule has 0 saturated carbocycles. The molecule has 0 aliphatic heterocycles. The molecule has 0 radical (unpaired) electrons. The van der Waals surface area contributed by atoms with E-state index in [1.54, 1.807) is 25.1 Å². The van der Waals surface area contributed by atoms with Crippen molar-refractivity contribution < 1.29 is 9.53 Å². The van der Waals surface area contributed by atoms with E-state index >= 15 is 0 Å². The van der Waals surface area contributed by atoms with Gasteiger partial charge in [-0.3, -0.25) is 4.79 Å². The molecule has 1 amide bonds. The van der Waals surface area contributed by atoms with Gasteiger partial charge in [0.15, 0.2) is 0 Å². The molecule has 4 nitrogen and oxygen atoms in total. The Labute approximate surface area is 118 Å². The van der Waals surface area contributed by atoms with Crippen LogP contribution >= 0.6 is 24.0 Å². The van der Waals surface area contributed by atoms with Crippen LogP contribution in [0.4, 0.5) is 5.69 Å². The predicted octanol–water partition coefficient (Wildman–Crippen LogP) is 2.84. The van der Waals surface area contributed by atoms with E-state index in [2.05, 4.69) is 5.32 Å². The van der Waals surface area contributed by atoms with Gasteiger partial charge in [0.05, 0.1) is 18.3 Å². The van der Waals surface area contributed by atoms with Gasteiger partial charge in [-0.05, 0) is 31.5 Å². The van der Waals surface area contributed by atoms with Crippen molar-refractivity contribution in [3.8, 4) is 5.75 Å². The van der Waals surface area contributed by atoms with Crippen molar-refractivity contribution >= 4 is 35.6 Å². The van der Waals surface area contributed by atoms with Gasteiger partial charge in [0.1, 0.15) is 5.75 Å². The first-order valence-electron chi connectivity index (χ1n) is 5.53. The van der Waals surface area contributed by atoms with Crippen LogP contribution in [-0.4, -0.2) is 18.6 Å². The molecule has 0 fully saturated rings. The molecule has 18 heavy (non-hydrogen) atoms. The maximum atomic E-state index is 11.5. The van der Waals surface area contributed by atoms with Crippen LogP contribution in [0.5, 0.6) is 5.75 Å². The second-order valence-corrected chi connectivity index (χ2v) is 4.20. The molecule has 1 aromatic carbocycles. The van der Waals surface area contributed by atoms with Gasteiger partial charge >= 0.3 is 0 Å². The second-order valence-electron chi connectivity index (χ2n) is 3.77. The normalized spacial score (nSPS) is 11.3. The highest BCUT2D eigenvalue weighted by Crippen LogP contribution is 2.28. The molecule has 0 spiro atoms. The fraction of sp³-hybridized carbons (Fsp3) is 0.417. The smallest absolute Gasteiger partial charge is 0.241 e. The van der Waals surface area contributed by atoms with Crippen molar-refractivity contribution in [2.75, 3.05) is 11.9 Å². The maximum Gasteiger partial charge on any atom is 0.241 e. The van der Waals surface area contributed by atoms with Crippen molar-refractivity contribution in [3.05, 3.63) is 23.2 Å². The number of hydrogen-bond acceptors (Lipinski definition) is 3. The van der Waals surface area contributed by atoms with Crippen LogP contribution in [0.25, 0.3) is 0 Å². The quantitative estimate of drug-likeness (QED) is 0.877. The average Bonchev–Trinajstić information content (AvgIpc) is 2.28. The zero-order valence-electron chi connectivity index (χ0n) is 10.4. The number of rotatable bonds is 5. The summed E-state index contributed by atoms with van der Waals surface area (Å²) in [5, 5.41) is 3.22. The maximum absolute atomic E-state index is 11.5. The van der Waals surface area contributed by atoms with Crippen LogP contribution in [-0.2, 0) is 4.79 Å². The zero-order valence-corrected chi connectivity index (χ0v) is 12.0. The third-order valence-electron chi connectivity index (χ3n) is 2.07. The first-order valence-corrected chi connectivity index (χ1v) is 5.91. The Kier molecular flexibility index (Phi) is 7.75. The minimum Gasteiger partial charge on any atom is -0.491 e. The summed E-state index contributed by atoms with van der Waals surface area (Å²) in [6.45, 7) is 4.21. The summed E-state index contributed by atoms with van der Waals surface area (Å²) in [5.74, 6) is 0.332. The molecule has 0 aromatic heterocycles. The number of carbonyl (C=O) groups is 1. The summed E-state index contributed by atoms with van der Waals surface area (Å²) in [7, 11) is 0. The van der Waals surface area contributed by atoms with Gasteiger partial charge in [-0.1, -0.05) is 18.5 Å². The number of ether oxygens (including phenoxy) is 1. The van der Waals surface area contributed by atoms with Crippen LogP contribution in [0.3, 0.4) is 0 Å². The molecule has 0 saturated heterocycles. The zero-order chi connectivity index (χ0) is 12.8. The van der Waals surface area contributed by atoms with Crippen LogP contribution in [0.1, 0.15) is 20.3 Å². The molecule has 1 aromatic rings. The minimum atomic E-state index is -0.576. The lowest BCUT2D eigenvalue weighted by atomic mass is 10.2. The van der Waals surface area contributed by atoms with Gasteiger partial charge in [0.25, 0.3) is 0 Å². The van der Waals surface area contributed by atoms with Crippen LogP contribution < -0.4 is 15.8 Å². The molecule has 1 atom stereocenters. The van der Waals surface area contributed by atoms with Gasteiger partial charge in [-0.15, -0.1) is 12.4 Å². The number of halogens is 2. The molecule has 1 rings (SSSR count). The summed E-state index contributed by atoms with van der Waals surface area (Å²) in [6, 6.07) is 4.52. The third-order valence-corrected chi connectivity index (χ3v) is 2.31. The molecule has 0 unspecified atom stereocenters. The van der Waals surface area contributed by atoms with Crippen LogP contribution in [0.2, 0.25) is 5.02 Å². The Bertz CT molecular complexity index is 398. The fourth-order valence-corrected chi connectivity index (χ4v) is 1.36. The number of nitrogens with two attached hydrogens (primary N) is 1. The van der Waals surface area contributed by atoms with E-state index in [0.717, 1.165) is 6.42 Å². The molecule has 0 bridgehead atoms. The van der Waals surface area contributed by atoms with Gasteiger partial charge in [-0.25, -0.2) is 0 Å². The summed E-state index contributed by atoms with van der Waals surface area (Å²) >= 11 is 5.88. The van der Waals surface area contributed by atoms with E-state index in [0.29, 0.717) is 23.1 Å². The Morgan fingerprint density at radius 3 is 2.78 bits per heavy atom. The summed E-state index contributed by atoms with van der Waals surface area (Å²) in [6.07, 6.45) is 0.892. The van der Waals surface area contributed by atoms with Gasteiger partial charge in [-0.2, -0.15) is 0 Å². The van der Waals surface area contributed by atoms with Gasteiger partial charge < -0.3 is 15.8 Å². The number of amides is 1. The number of hydrogen-bond donors (Lipinski definition) is 2. The highest BCUT2D eigenvalue weighted by atomic mass is 35.5. The Hall–Kier alpha value is -0.970. The van der Waals surface area contributed by atoms with E-state index in [-0.39, 0.29) is 18.3 Å². The van der Waals surface area contributed by atoms with E-state index < -0.39 is 6.04 Å². The van der Waals surface area contributed by atoms with E-state index in [1.165, 1.54) is 0 Å². The molecule has 0 heterocycles. The van der Waals surface area contributed by atoms with Crippen molar-refractivity contribution in [2.45, 2.75) is 26.3 Å². The summed E-state index contributed by atoms with van der Waals surface area (Å²) < 4.78 is 5.51. The predicted molar refractivity (Wildman–Crippen MR) is 76.8 cm³/mol. The van der Waals surface area contributed by atoms with E-state index in [1.807, 2.05) is 6.92 Å². The van der Waals surface area contributed by atoms with Gasteiger partial charge in [0, 0.05) is 5.02 Å². The fourth-order valence-electron chi connectivity index (χ4n) is 1.18. The first-order chi connectivity index (χ1) is 8.04. The lowest BCUT2D eigenvalue weighted by Crippen LogP contribution is -2.32. The largest absolute Gasteiger partial charge is 0.491 e. The van der Waals surface area contributed by atoms with Crippen molar-refractivity contribution in [1.29, 1.82) is 0 Å². The first kappa shape index (κ1) is 17.0. The van der Waals surface area contributed by atoms with Crippen molar-refractivity contribution in [2.24, 2.45) is 5.73 Å². The minimum absolute atomic E-state index is 0. The third kappa shape index (κ3) is 5.12. The molecule has 0 aliphatic rings. The SMILES string of the molecule is CCCOc1ccc(Cl)cc1NC(=O)[C@@H](C)N.Cl. The summed E-state index contributed by atoms with van der Waals surface area (Å²) in [4.78, 5) is 11.5. The number of benzene rings is 1. The molecular formula is C12H18Cl2N2O2.